The molecule has 2 nitrogen and oxygen atoms in total. The minimum atomic E-state index is 0.224. The Morgan fingerprint density at radius 2 is 2.05 bits per heavy atom. The lowest BCUT2D eigenvalue weighted by atomic mass is 10.0. The van der Waals surface area contributed by atoms with Crippen molar-refractivity contribution < 1.29 is 0 Å². The largest absolute Gasteiger partial charge is 0.310 e. The van der Waals surface area contributed by atoms with E-state index in [9.17, 15) is 0 Å². The Morgan fingerprint density at radius 1 is 1.25 bits per heavy atom. The fourth-order valence-electron chi connectivity index (χ4n) is 3.69. The first-order valence-electron chi connectivity index (χ1n) is 8.13. The molecule has 0 radical (unpaired) electrons. The summed E-state index contributed by atoms with van der Waals surface area (Å²) in [5.41, 5.74) is 4.90. The van der Waals surface area contributed by atoms with Gasteiger partial charge in [-0.15, -0.1) is 0 Å². The van der Waals surface area contributed by atoms with Gasteiger partial charge in [0.25, 0.3) is 0 Å². The van der Waals surface area contributed by atoms with Gasteiger partial charge < -0.3 is 5.32 Å². The summed E-state index contributed by atoms with van der Waals surface area (Å²) in [5, 5.41) is 3.67. The number of nitrogens with one attached hydrogen (secondary N) is 1. The van der Waals surface area contributed by atoms with Crippen molar-refractivity contribution in [2.45, 2.75) is 64.6 Å². The molecular formula is C18H28N2. The highest BCUT2D eigenvalue weighted by molar-refractivity contribution is 5.35. The van der Waals surface area contributed by atoms with Crippen LogP contribution in [-0.2, 0) is 19.4 Å². The van der Waals surface area contributed by atoms with Crippen LogP contribution in [-0.4, -0.2) is 29.6 Å². The van der Waals surface area contributed by atoms with Gasteiger partial charge in [-0.2, -0.15) is 0 Å². The lowest BCUT2D eigenvalue weighted by Gasteiger charge is -2.33. The molecule has 1 atom stereocenters. The van der Waals surface area contributed by atoms with Gasteiger partial charge >= 0.3 is 0 Å². The average Bonchev–Trinajstić information content (AvgIpc) is 2.79. The van der Waals surface area contributed by atoms with Crippen molar-refractivity contribution in [1.29, 1.82) is 0 Å². The van der Waals surface area contributed by atoms with Crippen LogP contribution in [0.25, 0.3) is 0 Å². The Balaban J connectivity index is 1.75. The standard InChI is InChI=1S/C18H28N2/c1-14-9-10-19-18(2,3)13-20(14)12-15-7-8-16-5-4-6-17(16)11-15/h7-8,11,14,19H,4-6,9-10,12-13H2,1-3H3. The van der Waals surface area contributed by atoms with Gasteiger partial charge in [-0.3, -0.25) is 4.90 Å². The maximum absolute atomic E-state index is 3.67. The molecule has 20 heavy (non-hydrogen) atoms. The van der Waals surface area contributed by atoms with Crippen molar-refractivity contribution in [3.8, 4) is 0 Å². The van der Waals surface area contributed by atoms with Crippen LogP contribution in [0.2, 0.25) is 0 Å². The molecule has 1 aromatic rings. The quantitative estimate of drug-likeness (QED) is 0.890. The van der Waals surface area contributed by atoms with E-state index in [1.54, 1.807) is 11.1 Å². The predicted octanol–water partition coefficient (Wildman–Crippen LogP) is 3.14. The van der Waals surface area contributed by atoms with Crippen molar-refractivity contribution in [2.24, 2.45) is 0 Å². The topological polar surface area (TPSA) is 15.3 Å². The molecule has 110 valence electrons. The summed E-state index contributed by atoms with van der Waals surface area (Å²) in [5.74, 6) is 0. The van der Waals surface area contributed by atoms with E-state index >= 15 is 0 Å². The van der Waals surface area contributed by atoms with Crippen LogP contribution in [0.15, 0.2) is 18.2 Å². The summed E-state index contributed by atoms with van der Waals surface area (Å²) in [6, 6.07) is 7.84. The Labute approximate surface area is 123 Å². The molecule has 1 unspecified atom stereocenters. The van der Waals surface area contributed by atoms with Crippen molar-refractivity contribution in [1.82, 2.24) is 10.2 Å². The lowest BCUT2D eigenvalue weighted by Crippen LogP contribution is -2.47. The van der Waals surface area contributed by atoms with Gasteiger partial charge in [0.1, 0.15) is 0 Å². The number of hydrogen-bond donors (Lipinski definition) is 1. The van der Waals surface area contributed by atoms with E-state index in [4.69, 9.17) is 0 Å². The van der Waals surface area contributed by atoms with E-state index in [0.29, 0.717) is 6.04 Å². The zero-order chi connectivity index (χ0) is 14.2. The van der Waals surface area contributed by atoms with Crippen LogP contribution in [0.3, 0.4) is 0 Å². The highest BCUT2D eigenvalue weighted by Gasteiger charge is 2.27. The summed E-state index contributed by atoms with van der Waals surface area (Å²) in [4.78, 5) is 2.65. The number of nitrogens with zero attached hydrogens (tertiary/aromatic N) is 1. The number of benzene rings is 1. The summed E-state index contributed by atoms with van der Waals surface area (Å²) in [6.45, 7) is 10.4. The highest BCUT2D eigenvalue weighted by atomic mass is 15.2. The van der Waals surface area contributed by atoms with E-state index in [1.807, 2.05) is 0 Å². The fourth-order valence-corrected chi connectivity index (χ4v) is 3.69. The van der Waals surface area contributed by atoms with Crippen LogP contribution in [0.4, 0.5) is 0 Å². The second-order valence-corrected chi connectivity index (χ2v) is 7.31. The molecule has 0 aromatic heterocycles. The molecule has 1 heterocycles. The molecule has 1 aliphatic heterocycles. The molecular weight excluding hydrogens is 244 g/mol. The van der Waals surface area contributed by atoms with Gasteiger partial charge in [0.05, 0.1) is 0 Å². The van der Waals surface area contributed by atoms with Crippen molar-refractivity contribution in [3.05, 3.63) is 34.9 Å². The van der Waals surface area contributed by atoms with E-state index in [-0.39, 0.29) is 5.54 Å². The van der Waals surface area contributed by atoms with Gasteiger partial charge in [-0.1, -0.05) is 18.2 Å². The predicted molar refractivity (Wildman–Crippen MR) is 85.0 cm³/mol. The van der Waals surface area contributed by atoms with E-state index < -0.39 is 0 Å². The van der Waals surface area contributed by atoms with Gasteiger partial charge in [-0.05, 0) is 69.7 Å². The molecule has 1 aromatic carbocycles. The second-order valence-electron chi connectivity index (χ2n) is 7.31. The van der Waals surface area contributed by atoms with E-state index in [1.165, 1.54) is 31.2 Å². The third kappa shape index (κ3) is 3.07. The number of aryl methyl sites for hydroxylation is 2. The molecule has 0 spiro atoms. The Morgan fingerprint density at radius 3 is 2.90 bits per heavy atom. The van der Waals surface area contributed by atoms with Crippen LogP contribution >= 0.6 is 0 Å². The molecule has 2 heteroatoms. The minimum absolute atomic E-state index is 0.224. The summed E-state index contributed by atoms with van der Waals surface area (Å²) in [7, 11) is 0. The highest BCUT2D eigenvalue weighted by Crippen LogP contribution is 2.25. The SMILES string of the molecule is CC1CCNC(C)(C)CN1Cc1ccc2c(c1)CCC2. The zero-order valence-electron chi connectivity index (χ0n) is 13.2. The maximum Gasteiger partial charge on any atom is 0.0252 e. The summed E-state index contributed by atoms with van der Waals surface area (Å²) < 4.78 is 0. The third-order valence-electron chi connectivity index (χ3n) is 4.94. The van der Waals surface area contributed by atoms with Gasteiger partial charge in [-0.25, -0.2) is 0 Å². The van der Waals surface area contributed by atoms with Crippen LogP contribution in [0.5, 0.6) is 0 Å². The van der Waals surface area contributed by atoms with Gasteiger partial charge in [0, 0.05) is 24.7 Å². The van der Waals surface area contributed by atoms with Gasteiger partial charge in [0.2, 0.25) is 0 Å². The van der Waals surface area contributed by atoms with Gasteiger partial charge in [0.15, 0.2) is 0 Å². The first-order chi connectivity index (χ1) is 9.53. The summed E-state index contributed by atoms with van der Waals surface area (Å²) in [6.07, 6.45) is 5.16. The fraction of sp³-hybridized carbons (Fsp3) is 0.667. The molecule has 0 amide bonds. The van der Waals surface area contributed by atoms with E-state index in [0.717, 1.165) is 19.6 Å². The van der Waals surface area contributed by atoms with Crippen molar-refractivity contribution in [2.75, 3.05) is 13.1 Å². The maximum atomic E-state index is 3.67. The molecule has 1 N–H and O–H groups in total. The minimum Gasteiger partial charge on any atom is -0.310 e. The first kappa shape index (κ1) is 14.1. The average molecular weight is 272 g/mol. The first-order valence-corrected chi connectivity index (χ1v) is 8.13. The molecule has 0 saturated carbocycles. The normalized spacial score (nSPS) is 26.2. The molecule has 2 aliphatic rings. The van der Waals surface area contributed by atoms with Crippen molar-refractivity contribution in [3.63, 3.8) is 0 Å². The number of rotatable bonds is 2. The molecule has 1 fully saturated rings. The molecule has 1 aliphatic carbocycles. The third-order valence-corrected chi connectivity index (χ3v) is 4.94. The zero-order valence-corrected chi connectivity index (χ0v) is 13.2. The Bertz CT molecular complexity index is 478. The monoisotopic (exact) mass is 272 g/mol. The van der Waals surface area contributed by atoms with Crippen LogP contribution < -0.4 is 5.32 Å². The second kappa shape index (κ2) is 5.50. The summed E-state index contributed by atoms with van der Waals surface area (Å²) >= 11 is 0. The number of fused-ring (bicyclic) bond motifs is 1. The van der Waals surface area contributed by atoms with Crippen LogP contribution in [0.1, 0.15) is 50.3 Å². The number of hydrogen-bond acceptors (Lipinski definition) is 2. The van der Waals surface area contributed by atoms with E-state index in [2.05, 4.69) is 49.2 Å². The van der Waals surface area contributed by atoms with Crippen molar-refractivity contribution >= 4 is 0 Å². The lowest BCUT2D eigenvalue weighted by molar-refractivity contribution is 0.173. The molecule has 0 bridgehead atoms. The molecule has 1 saturated heterocycles. The Hall–Kier alpha value is -0.860. The molecule has 3 rings (SSSR count). The Kier molecular flexibility index (Phi) is 3.87. The smallest absolute Gasteiger partial charge is 0.0252 e. The van der Waals surface area contributed by atoms with Crippen LogP contribution in [0, 0.1) is 0 Å².